The van der Waals surface area contributed by atoms with Gasteiger partial charge in [0.2, 0.25) is 0 Å². The summed E-state index contributed by atoms with van der Waals surface area (Å²) in [6.07, 6.45) is 2.98. The lowest BCUT2D eigenvalue weighted by Crippen LogP contribution is -2.26. The number of fused-ring (bicyclic) bond motifs is 1. The monoisotopic (exact) mass is 286 g/mol. The zero-order valence-electron chi connectivity index (χ0n) is 11.7. The van der Waals surface area contributed by atoms with Crippen molar-refractivity contribution >= 4 is 23.3 Å². The molecule has 1 aromatic heterocycles. The van der Waals surface area contributed by atoms with Crippen LogP contribution in [0, 0.1) is 6.92 Å². The van der Waals surface area contributed by atoms with Crippen LogP contribution in [0.3, 0.4) is 0 Å². The van der Waals surface area contributed by atoms with Crippen LogP contribution in [0.5, 0.6) is 0 Å². The van der Waals surface area contributed by atoms with Crippen LogP contribution in [0.1, 0.15) is 16.8 Å². The summed E-state index contributed by atoms with van der Waals surface area (Å²) in [7, 11) is 0. The molecule has 1 aliphatic rings. The predicted octanol–water partition coefficient (Wildman–Crippen LogP) is 2.90. The number of hydrogen-bond donors (Lipinski definition) is 2. The molecule has 0 spiro atoms. The summed E-state index contributed by atoms with van der Waals surface area (Å²) < 4.78 is 0. The Kier molecular flexibility index (Phi) is 3.89. The average Bonchev–Trinajstić information content (AvgIpc) is 2.49. The molecule has 0 saturated heterocycles. The highest BCUT2D eigenvalue weighted by Crippen LogP contribution is 2.26. The first-order valence-corrected chi connectivity index (χ1v) is 7.97. The van der Waals surface area contributed by atoms with Crippen LogP contribution in [0.4, 0.5) is 11.5 Å². The molecule has 2 N–H and O–H groups in total. The number of thioether (sulfide) groups is 1. The fourth-order valence-electron chi connectivity index (χ4n) is 2.31. The van der Waals surface area contributed by atoms with Crippen molar-refractivity contribution in [3.8, 4) is 0 Å². The second kappa shape index (κ2) is 5.81. The highest BCUT2D eigenvalue weighted by Gasteiger charge is 2.17. The smallest absolute Gasteiger partial charge is 0.189 e. The molecule has 0 unspecified atom stereocenters. The first-order valence-electron chi connectivity index (χ1n) is 6.74. The first kappa shape index (κ1) is 13.4. The van der Waals surface area contributed by atoms with Gasteiger partial charge < -0.3 is 10.6 Å². The number of aromatic nitrogens is 2. The predicted molar refractivity (Wildman–Crippen MR) is 83.7 cm³/mol. The minimum Gasteiger partial charge on any atom is -0.340 e. The summed E-state index contributed by atoms with van der Waals surface area (Å²) in [4.78, 5) is 9.23. The summed E-state index contributed by atoms with van der Waals surface area (Å²) in [5.74, 6) is 0.949. The van der Waals surface area contributed by atoms with Gasteiger partial charge in [0.15, 0.2) is 5.16 Å². The van der Waals surface area contributed by atoms with E-state index in [2.05, 4.69) is 51.8 Å². The van der Waals surface area contributed by atoms with Crippen LogP contribution >= 0.6 is 11.8 Å². The minimum atomic E-state index is 0.821. The van der Waals surface area contributed by atoms with Crippen LogP contribution in [-0.2, 0) is 13.0 Å². The molecule has 3 rings (SSSR count). The summed E-state index contributed by atoms with van der Waals surface area (Å²) in [5, 5.41) is 7.63. The molecule has 104 valence electrons. The Bertz CT molecular complexity index is 610. The van der Waals surface area contributed by atoms with Crippen molar-refractivity contribution in [1.29, 1.82) is 0 Å². The van der Waals surface area contributed by atoms with E-state index in [0.29, 0.717) is 0 Å². The molecule has 0 saturated carbocycles. The summed E-state index contributed by atoms with van der Waals surface area (Å²) in [6.45, 7) is 3.90. The molecular weight excluding hydrogens is 268 g/mol. The molecule has 0 fully saturated rings. The maximum absolute atomic E-state index is 4.64. The minimum absolute atomic E-state index is 0.821. The molecule has 1 aliphatic heterocycles. The topological polar surface area (TPSA) is 49.8 Å². The number of hydrogen-bond acceptors (Lipinski definition) is 5. The first-order chi connectivity index (χ1) is 9.76. The molecule has 0 bridgehead atoms. The van der Waals surface area contributed by atoms with E-state index in [1.54, 1.807) is 11.8 Å². The lowest BCUT2D eigenvalue weighted by atomic mass is 10.1. The van der Waals surface area contributed by atoms with E-state index in [0.717, 1.165) is 41.9 Å². The van der Waals surface area contributed by atoms with Gasteiger partial charge in [0.25, 0.3) is 0 Å². The maximum Gasteiger partial charge on any atom is 0.189 e. The van der Waals surface area contributed by atoms with Crippen LogP contribution < -0.4 is 10.6 Å². The lowest BCUT2D eigenvalue weighted by Gasteiger charge is -2.20. The van der Waals surface area contributed by atoms with Crippen LogP contribution in [-0.4, -0.2) is 22.8 Å². The normalized spacial score (nSPS) is 13.9. The lowest BCUT2D eigenvalue weighted by molar-refractivity contribution is 0.615. The van der Waals surface area contributed by atoms with Gasteiger partial charge in [-0.3, -0.25) is 0 Å². The van der Waals surface area contributed by atoms with E-state index < -0.39 is 0 Å². The molecule has 0 radical (unpaired) electrons. The molecule has 5 heteroatoms. The van der Waals surface area contributed by atoms with E-state index in [9.17, 15) is 0 Å². The maximum atomic E-state index is 4.64. The van der Waals surface area contributed by atoms with Gasteiger partial charge in [-0.05, 0) is 38.3 Å². The Morgan fingerprint density at radius 2 is 2.00 bits per heavy atom. The Morgan fingerprint density at radius 3 is 2.75 bits per heavy atom. The number of aryl methyl sites for hydroxylation is 1. The van der Waals surface area contributed by atoms with Gasteiger partial charge in [0.05, 0.1) is 5.69 Å². The molecule has 1 aromatic carbocycles. The van der Waals surface area contributed by atoms with Gasteiger partial charge in [-0.2, -0.15) is 0 Å². The van der Waals surface area contributed by atoms with E-state index >= 15 is 0 Å². The summed E-state index contributed by atoms with van der Waals surface area (Å²) in [5.41, 5.74) is 4.68. The summed E-state index contributed by atoms with van der Waals surface area (Å²) >= 11 is 1.58. The molecule has 0 atom stereocenters. The fraction of sp³-hybridized carbons (Fsp3) is 0.333. The Balaban J connectivity index is 1.96. The highest BCUT2D eigenvalue weighted by atomic mass is 32.2. The largest absolute Gasteiger partial charge is 0.340 e. The van der Waals surface area contributed by atoms with Crippen molar-refractivity contribution in [2.24, 2.45) is 0 Å². The number of nitrogens with one attached hydrogen (secondary N) is 2. The molecule has 2 heterocycles. The van der Waals surface area contributed by atoms with Gasteiger partial charge in [-0.15, -0.1) is 0 Å². The van der Waals surface area contributed by atoms with Crippen molar-refractivity contribution in [2.75, 3.05) is 18.1 Å². The van der Waals surface area contributed by atoms with Crippen LogP contribution in [0.25, 0.3) is 0 Å². The summed E-state index contributed by atoms with van der Waals surface area (Å²) in [6, 6.07) is 8.38. The molecule has 0 amide bonds. The quantitative estimate of drug-likeness (QED) is 0.671. The third-order valence-electron chi connectivity index (χ3n) is 3.41. The third kappa shape index (κ3) is 2.78. The van der Waals surface area contributed by atoms with Gasteiger partial charge in [0.1, 0.15) is 5.82 Å². The van der Waals surface area contributed by atoms with Gasteiger partial charge in [-0.25, -0.2) is 9.97 Å². The van der Waals surface area contributed by atoms with Crippen molar-refractivity contribution in [3.63, 3.8) is 0 Å². The van der Waals surface area contributed by atoms with Crippen molar-refractivity contribution in [3.05, 3.63) is 41.1 Å². The zero-order chi connectivity index (χ0) is 13.9. The number of nitrogens with zero attached hydrogens (tertiary/aromatic N) is 2. The number of rotatable bonds is 3. The number of anilines is 2. The average molecular weight is 286 g/mol. The standard InChI is InChI=1S/C15H18N4S/c1-10-3-5-11(6-4-10)17-14-12-7-8-16-9-13(12)18-15(19-14)20-2/h3-6,16H,7-9H2,1-2H3,(H,17,18,19). The van der Waals surface area contributed by atoms with Gasteiger partial charge >= 0.3 is 0 Å². The van der Waals surface area contributed by atoms with Crippen molar-refractivity contribution in [2.45, 2.75) is 25.0 Å². The van der Waals surface area contributed by atoms with Crippen molar-refractivity contribution < 1.29 is 0 Å². The van der Waals surface area contributed by atoms with Crippen LogP contribution in [0.2, 0.25) is 0 Å². The van der Waals surface area contributed by atoms with E-state index in [-0.39, 0.29) is 0 Å². The van der Waals surface area contributed by atoms with E-state index in [1.165, 1.54) is 11.1 Å². The SMILES string of the molecule is CSc1nc2c(c(Nc3ccc(C)cc3)n1)CCNC2. The zero-order valence-corrected chi connectivity index (χ0v) is 12.5. The fourth-order valence-corrected chi connectivity index (χ4v) is 2.69. The second-order valence-electron chi connectivity index (χ2n) is 4.90. The van der Waals surface area contributed by atoms with Gasteiger partial charge in [-0.1, -0.05) is 29.5 Å². The molecule has 20 heavy (non-hydrogen) atoms. The Morgan fingerprint density at radius 1 is 1.20 bits per heavy atom. The van der Waals surface area contributed by atoms with E-state index in [4.69, 9.17) is 0 Å². The Labute approximate surface area is 123 Å². The second-order valence-corrected chi connectivity index (χ2v) is 5.68. The molecular formula is C15H18N4S. The van der Waals surface area contributed by atoms with E-state index in [1.807, 2.05) is 6.26 Å². The van der Waals surface area contributed by atoms with Crippen LogP contribution in [0.15, 0.2) is 29.4 Å². The third-order valence-corrected chi connectivity index (χ3v) is 3.96. The Hall–Kier alpha value is -1.59. The molecule has 2 aromatic rings. The number of benzene rings is 1. The molecule has 4 nitrogen and oxygen atoms in total. The van der Waals surface area contributed by atoms with Crippen molar-refractivity contribution in [1.82, 2.24) is 15.3 Å². The van der Waals surface area contributed by atoms with Gasteiger partial charge in [0, 0.05) is 17.8 Å². The molecule has 0 aliphatic carbocycles. The highest BCUT2D eigenvalue weighted by molar-refractivity contribution is 7.98.